The van der Waals surface area contributed by atoms with Crippen molar-refractivity contribution in [2.45, 2.75) is 20.5 Å². The van der Waals surface area contributed by atoms with Gasteiger partial charge in [-0.05, 0) is 37.6 Å². The molecule has 5 heteroatoms. The largest absolute Gasteiger partial charge is 0.457 e. The van der Waals surface area contributed by atoms with Crippen molar-refractivity contribution >= 4 is 17.7 Å². The van der Waals surface area contributed by atoms with Crippen LogP contribution in [-0.4, -0.2) is 12.0 Å². The number of hydrogen-bond donors (Lipinski definition) is 2. The zero-order valence-corrected chi connectivity index (χ0v) is 12.6. The number of primary amides is 1. The molecular formula is C17H18N2O3. The van der Waals surface area contributed by atoms with E-state index in [4.69, 9.17) is 10.5 Å². The van der Waals surface area contributed by atoms with Crippen molar-refractivity contribution in [3.05, 3.63) is 64.7 Å². The van der Waals surface area contributed by atoms with Crippen LogP contribution < -0.4 is 11.1 Å². The van der Waals surface area contributed by atoms with E-state index in [9.17, 15) is 9.59 Å². The third-order valence-electron chi connectivity index (χ3n) is 3.02. The quantitative estimate of drug-likeness (QED) is 0.851. The lowest BCUT2D eigenvalue weighted by Crippen LogP contribution is -2.19. The van der Waals surface area contributed by atoms with E-state index >= 15 is 0 Å². The molecular weight excluding hydrogens is 280 g/mol. The van der Waals surface area contributed by atoms with E-state index in [2.05, 4.69) is 11.4 Å². The smallest absolute Gasteiger partial charge is 0.338 e. The van der Waals surface area contributed by atoms with Crippen LogP contribution in [0.15, 0.2) is 42.5 Å². The Hall–Kier alpha value is -2.82. The maximum atomic E-state index is 12.1. The van der Waals surface area contributed by atoms with Gasteiger partial charge in [-0.1, -0.05) is 35.4 Å². The zero-order valence-electron chi connectivity index (χ0n) is 12.6. The van der Waals surface area contributed by atoms with Gasteiger partial charge in [-0.15, -0.1) is 0 Å². The molecule has 22 heavy (non-hydrogen) atoms. The minimum absolute atomic E-state index is 0.203. The van der Waals surface area contributed by atoms with Gasteiger partial charge in [0, 0.05) is 5.69 Å². The number of carbonyl (C=O) groups is 2. The number of amides is 2. The molecule has 0 radical (unpaired) electrons. The van der Waals surface area contributed by atoms with E-state index in [0.29, 0.717) is 11.3 Å². The molecule has 0 saturated carbocycles. The van der Waals surface area contributed by atoms with Crippen LogP contribution in [-0.2, 0) is 11.3 Å². The minimum Gasteiger partial charge on any atom is -0.457 e. The van der Waals surface area contributed by atoms with E-state index in [1.54, 1.807) is 18.2 Å². The molecule has 0 saturated heterocycles. The number of anilines is 1. The molecule has 0 unspecified atom stereocenters. The molecule has 114 valence electrons. The minimum atomic E-state index is -0.680. The van der Waals surface area contributed by atoms with E-state index < -0.39 is 12.0 Å². The highest BCUT2D eigenvalue weighted by molar-refractivity contribution is 5.93. The second-order valence-electron chi connectivity index (χ2n) is 5.14. The Kier molecular flexibility index (Phi) is 4.78. The normalized spacial score (nSPS) is 10.1. The van der Waals surface area contributed by atoms with Gasteiger partial charge < -0.3 is 15.8 Å². The second-order valence-corrected chi connectivity index (χ2v) is 5.14. The molecule has 2 aromatic carbocycles. The van der Waals surface area contributed by atoms with E-state index in [1.807, 2.05) is 26.0 Å². The predicted octanol–water partition coefficient (Wildman–Crippen LogP) is 3.15. The lowest BCUT2D eigenvalue weighted by molar-refractivity contribution is 0.0472. The van der Waals surface area contributed by atoms with Crippen LogP contribution in [0.25, 0.3) is 0 Å². The van der Waals surface area contributed by atoms with Gasteiger partial charge in [0.1, 0.15) is 6.61 Å². The van der Waals surface area contributed by atoms with Crippen LogP contribution in [0.1, 0.15) is 27.0 Å². The number of nitrogens with two attached hydrogens (primary N) is 1. The summed E-state index contributed by atoms with van der Waals surface area (Å²) in [5, 5.41) is 2.42. The molecule has 0 aliphatic carbocycles. The maximum absolute atomic E-state index is 12.1. The molecule has 0 fully saturated rings. The standard InChI is InChI=1S/C17H18N2O3/c1-11-6-12(2)8-13(7-11)10-22-16(20)14-4-3-5-15(9-14)19-17(18)21/h3-9H,10H2,1-2H3,(H3,18,19,21). The highest BCUT2D eigenvalue weighted by Gasteiger charge is 2.09. The second kappa shape index (κ2) is 6.76. The molecule has 0 aliphatic heterocycles. The van der Waals surface area contributed by atoms with Crippen LogP contribution in [0.5, 0.6) is 0 Å². The molecule has 5 nitrogen and oxygen atoms in total. The first-order chi connectivity index (χ1) is 10.4. The molecule has 3 N–H and O–H groups in total. The fraction of sp³-hybridized carbons (Fsp3) is 0.176. The number of nitrogens with one attached hydrogen (secondary N) is 1. The molecule has 0 spiro atoms. The molecule has 0 bridgehead atoms. The number of hydrogen-bond acceptors (Lipinski definition) is 3. The summed E-state index contributed by atoms with van der Waals surface area (Å²) in [6, 6.07) is 11.8. The maximum Gasteiger partial charge on any atom is 0.338 e. The monoisotopic (exact) mass is 298 g/mol. The molecule has 0 atom stereocenters. The van der Waals surface area contributed by atoms with Gasteiger partial charge in [-0.2, -0.15) is 0 Å². The fourth-order valence-corrected chi connectivity index (χ4v) is 2.25. The summed E-state index contributed by atoms with van der Waals surface area (Å²) >= 11 is 0. The van der Waals surface area contributed by atoms with Gasteiger partial charge in [-0.3, -0.25) is 0 Å². The zero-order chi connectivity index (χ0) is 16.1. The summed E-state index contributed by atoms with van der Waals surface area (Å²) in [7, 11) is 0. The highest BCUT2D eigenvalue weighted by atomic mass is 16.5. The van der Waals surface area contributed by atoms with Crippen LogP contribution in [0.2, 0.25) is 0 Å². The topological polar surface area (TPSA) is 81.4 Å². The molecule has 2 amide bonds. The van der Waals surface area contributed by atoms with Gasteiger partial charge in [-0.25, -0.2) is 9.59 Å². The molecule has 2 aromatic rings. The van der Waals surface area contributed by atoms with Crippen molar-refractivity contribution in [3.8, 4) is 0 Å². The number of esters is 1. The van der Waals surface area contributed by atoms with Crippen LogP contribution in [0.4, 0.5) is 10.5 Å². The summed E-state index contributed by atoms with van der Waals surface area (Å²) in [6.07, 6.45) is 0. The lowest BCUT2D eigenvalue weighted by Gasteiger charge is -2.08. The van der Waals surface area contributed by atoms with Gasteiger partial charge in [0.05, 0.1) is 5.56 Å². The summed E-state index contributed by atoms with van der Waals surface area (Å²) in [5.74, 6) is -0.452. The van der Waals surface area contributed by atoms with Gasteiger partial charge in [0.2, 0.25) is 0 Å². The molecule has 0 aromatic heterocycles. The molecule has 0 heterocycles. The fourth-order valence-electron chi connectivity index (χ4n) is 2.25. The van der Waals surface area contributed by atoms with Crippen molar-refractivity contribution in [1.82, 2.24) is 0 Å². The van der Waals surface area contributed by atoms with Crippen molar-refractivity contribution in [3.63, 3.8) is 0 Å². The first-order valence-corrected chi connectivity index (χ1v) is 6.85. The van der Waals surface area contributed by atoms with Crippen molar-refractivity contribution in [2.24, 2.45) is 5.73 Å². The lowest BCUT2D eigenvalue weighted by atomic mass is 10.1. The Labute approximate surface area is 129 Å². The average molecular weight is 298 g/mol. The van der Waals surface area contributed by atoms with Gasteiger partial charge >= 0.3 is 12.0 Å². The van der Waals surface area contributed by atoms with Crippen LogP contribution in [0, 0.1) is 13.8 Å². The first-order valence-electron chi connectivity index (χ1n) is 6.85. The van der Waals surface area contributed by atoms with Crippen molar-refractivity contribution < 1.29 is 14.3 Å². The number of aryl methyl sites for hydroxylation is 2. The molecule has 2 rings (SSSR count). The first kappa shape index (κ1) is 15.6. The summed E-state index contributed by atoms with van der Waals surface area (Å²) in [4.78, 5) is 22.9. The van der Waals surface area contributed by atoms with Gasteiger partial charge in [0.15, 0.2) is 0 Å². The summed E-state index contributed by atoms with van der Waals surface area (Å²) < 4.78 is 5.30. The van der Waals surface area contributed by atoms with Crippen LogP contribution >= 0.6 is 0 Å². The third kappa shape index (κ3) is 4.34. The van der Waals surface area contributed by atoms with E-state index in [1.165, 1.54) is 6.07 Å². The van der Waals surface area contributed by atoms with E-state index in [-0.39, 0.29) is 6.61 Å². The van der Waals surface area contributed by atoms with Crippen LogP contribution in [0.3, 0.4) is 0 Å². The van der Waals surface area contributed by atoms with E-state index in [0.717, 1.165) is 16.7 Å². The Bertz CT molecular complexity index is 691. The number of ether oxygens (including phenoxy) is 1. The third-order valence-corrected chi connectivity index (χ3v) is 3.02. The SMILES string of the molecule is Cc1cc(C)cc(COC(=O)c2cccc(NC(N)=O)c2)c1. The predicted molar refractivity (Wildman–Crippen MR) is 84.7 cm³/mol. The molecule has 0 aliphatic rings. The highest BCUT2D eigenvalue weighted by Crippen LogP contribution is 2.14. The average Bonchev–Trinajstić information content (AvgIpc) is 2.43. The van der Waals surface area contributed by atoms with Crippen molar-refractivity contribution in [2.75, 3.05) is 5.32 Å². The van der Waals surface area contributed by atoms with Gasteiger partial charge in [0.25, 0.3) is 0 Å². The number of rotatable bonds is 4. The van der Waals surface area contributed by atoms with Crippen molar-refractivity contribution in [1.29, 1.82) is 0 Å². The summed E-state index contributed by atoms with van der Waals surface area (Å²) in [5.41, 5.74) is 9.05. The Morgan fingerprint density at radius 2 is 1.77 bits per heavy atom. The number of benzene rings is 2. The Morgan fingerprint density at radius 1 is 1.09 bits per heavy atom. The summed E-state index contributed by atoms with van der Waals surface area (Å²) in [6.45, 7) is 4.20. The Morgan fingerprint density at radius 3 is 2.41 bits per heavy atom. The number of urea groups is 1. The number of carbonyl (C=O) groups excluding carboxylic acids is 2. The Balaban J connectivity index is 2.04.